The Bertz CT molecular complexity index is 666. The van der Waals surface area contributed by atoms with Gasteiger partial charge in [-0.1, -0.05) is 46.8 Å². The maximum Gasteiger partial charge on any atom is 0.136 e. The number of nitrogen functional groups attached to an aromatic ring is 1. The molecule has 0 saturated heterocycles. The first-order valence-electron chi connectivity index (χ1n) is 7.65. The molecule has 0 fully saturated rings. The molecule has 0 bridgehead atoms. The lowest BCUT2D eigenvalue weighted by atomic mass is 9.92. The fourth-order valence-electron chi connectivity index (χ4n) is 2.04. The second kappa shape index (κ2) is 7.73. The third-order valence-corrected chi connectivity index (χ3v) is 2.91. The highest BCUT2D eigenvalue weighted by atomic mass is 15.1. The van der Waals surface area contributed by atoms with E-state index in [-0.39, 0.29) is 5.41 Å². The number of hydrogen-bond donors (Lipinski definition) is 2. The molecule has 1 aromatic carbocycles. The van der Waals surface area contributed by atoms with Gasteiger partial charge in [0.25, 0.3) is 0 Å². The molecule has 0 atom stereocenters. The molecular formula is C17H27N5. The Labute approximate surface area is 132 Å². The minimum Gasteiger partial charge on any atom is -0.383 e. The Kier molecular flexibility index (Phi) is 6.28. The summed E-state index contributed by atoms with van der Waals surface area (Å²) in [5.74, 6) is 1.21. The summed E-state index contributed by atoms with van der Waals surface area (Å²) >= 11 is 0. The zero-order valence-electron chi connectivity index (χ0n) is 14.4. The lowest BCUT2D eigenvalue weighted by Crippen LogP contribution is -2.12. The van der Waals surface area contributed by atoms with Crippen LogP contribution in [0.15, 0.2) is 24.5 Å². The van der Waals surface area contributed by atoms with Gasteiger partial charge in [-0.15, -0.1) is 0 Å². The molecule has 2 aromatic rings. The Morgan fingerprint density at radius 3 is 2.50 bits per heavy atom. The van der Waals surface area contributed by atoms with Gasteiger partial charge in [-0.05, 0) is 24.0 Å². The van der Waals surface area contributed by atoms with Crippen molar-refractivity contribution in [1.82, 2.24) is 20.2 Å². The van der Waals surface area contributed by atoms with Crippen LogP contribution in [0.2, 0.25) is 0 Å². The summed E-state index contributed by atoms with van der Waals surface area (Å²) in [6, 6.07) is 5.88. The summed E-state index contributed by atoms with van der Waals surface area (Å²) in [5.41, 5.74) is 8.10. The molecule has 0 saturated carbocycles. The molecular weight excluding hydrogens is 274 g/mol. The molecule has 120 valence electrons. The first-order chi connectivity index (χ1) is 10.4. The van der Waals surface area contributed by atoms with Crippen LogP contribution >= 0.6 is 0 Å². The van der Waals surface area contributed by atoms with Gasteiger partial charge in [-0.2, -0.15) is 5.10 Å². The van der Waals surface area contributed by atoms with Gasteiger partial charge in [0.2, 0.25) is 0 Å². The van der Waals surface area contributed by atoms with Gasteiger partial charge in [-0.25, -0.2) is 9.97 Å². The van der Waals surface area contributed by atoms with Crippen LogP contribution in [0.25, 0.3) is 10.9 Å². The van der Waals surface area contributed by atoms with Crippen LogP contribution < -0.4 is 5.73 Å². The highest BCUT2D eigenvalue weighted by molar-refractivity contribution is 5.89. The third kappa shape index (κ3) is 4.98. The number of benzene rings is 1. The molecule has 1 heterocycles. The summed E-state index contributed by atoms with van der Waals surface area (Å²) in [4.78, 5) is 8.85. The maximum atomic E-state index is 6.14. The standard InChI is InChI=1S/C15H21N5.C2H6/c1-10-6-5-7-11-13(10)17-9-18-20-12(19-14(11)16)8-15(2,3)4;1-2/h5-7,9H,8,16H2,1-4H3,(H,19,20);1-2H3. The highest BCUT2D eigenvalue weighted by Crippen LogP contribution is 2.20. The van der Waals surface area contributed by atoms with Gasteiger partial charge in [-0.3, -0.25) is 5.10 Å². The minimum absolute atomic E-state index is 0.0995. The van der Waals surface area contributed by atoms with Crippen molar-refractivity contribution in [2.75, 3.05) is 5.73 Å². The number of H-pyrrole nitrogens is 1. The van der Waals surface area contributed by atoms with Gasteiger partial charge in [0.15, 0.2) is 0 Å². The van der Waals surface area contributed by atoms with Crippen molar-refractivity contribution in [3.05, 3.63) is 35.9 Å². The average Bonchev–Trinajstić information content (AvgIpc) is 2.51. The average molecular weight is 301 g/mol. The number of anilines is 1. The molecule has 22 heavy (non-hydrogen) atoms. The van der Waals surface area contributed by atoms with Crippen molar-refractivity contribution in [1.29, 1.82) is 0 Å². The van der Waals surface area contributed by atoms with E-state index in [0.717, 1.165) is 28.7 Å². The van der Waals surface area contributed by atoms with Crippen molar-refractivity contribution in [2.24, 2.45) is 5.41 Å². The van der Waals surface area contributed by atoms with E-state index < -0.39 is 0 Å². The van der Waals surface area contributed by atoms with Gasteiger partial charge >= 0.3 is 0 Å². The maximum absolute atomic E-state index is 6.14. The van der Waals surface area contributed by atoms with Gasteiger partial charge in [0.05, 0.1) is 5.52 Å². The number of nitrogens with one attached hydrogen (secondary N) is 1. The lowest BCUT2D eigenvalue weighted by molar-refractivity contribution is 0.399. The van der Waals surface area contributed by atoms with E-state index in [1.165, 1.54) is 6.33 Å². The molecule has 3 N–H and O–H groups in total. The normalized spacial score (nSPS) is 10.6. The van der Waals surface area contributed by atoms with Crippen LogP contribution in [0.3, 0.4) is 0 Å². The number of fused-ring (bicyclic) bond motifs is 1. The molecule has 1 aromatic heterocycles. The second-order valence-corrected chi connectivity index (χ2v) is 6.14. The molecule has 0 unspecified atom stereocenters. The third-order valence-electron chi connectivity index (χ3n) is 2.91. The predicted molar refractivity (Wildman–Crippen MR) is 93.0 cm³/mol. The predicted octanol–water partition coefficient (Wildman–Crippen LogP) is 3.98. The zero-order valence-corrected chi connectivity index (χ0v) is 14.4. The summed E-state index contributed by atoms with van der Waals surface area (Å²) in [6.07, 6.45) is 2.26. The quantitative estimate of drug-likeness (QED) is 0.834. The second-order valence-electron chi connectivity index (χ2n) is 6.14. The van der Waals surface area contributed by atoms with Crippen LogP contribution in [0.5, 0.6) is 0 Å². The number of aromatic nitrogens is 4. The number of rotatable bonds is 1. The zero-order chi connectivity index (χ0) is 16.8. The Balaban J connectivity index is 0.00000116. The first-order valence-corrected chi connectivity index (χ1v) is 7.65. The van der Waals surface area contributed by atoms with E-state index in [0.29, 0.717) is 5.82 Å². The number of aromatic amines is 1. The monoisotopic (exact) mass is 301 g/mol. The molecule has 0 aliphatic carbocycles. The SMILES string of the molecule is CC.Cc1cccc2c(N)nc(CC(C)(C)C)[nH]ncnc12. The number of nitrogens with zero attached hydrogens (tertiary/aromatic N) is 3. The smallest absolute Gasteiger partial charge is 0.136 e. The lowest BCUT2D eigenvalue weighted by Gasteiger charge is -2.16. The Morgan fingerprint density at radius 1 is 1.18 bits per heavy atom. The summed E-state index contributed by atoms with van der Waals surface area (Å²) in [5, 5.41) is 7.86. The largest absolute Gasteiger partial charge is 0.383 e. The van der Waals surface area contributed by atoms with Crippen molar-refractivity contribution >= 4 is 16.7 Å². The molecule has 0 amide bonds. The van der Waals surface area contributed by atoms with E-state index in [1.54, 1.807) is 0 Å². The minimum atomic E-state index is 0.0995. The highest BCUT2D eigenvalue weighted by Gasteiger charge is 2.12. The Hall–Kier alpha value is -2.17. The van der Waals surface area contributed by atoms with Crippen LogP contribution in [-0.4, -0.2) is 20.2 Å². The van der Waals surface area contributed by atoms with Gasteiger partial charge in [0, 0.05) is 11.8 Å². The van der Waals surface area contributed by atoms with E-state index in [9.17, 15) is 0 Å². The molecule has 0 aliphatic heterocycles. The molecule has 5 nitrogen and oxygen atoms in total. The fourth-order valence-corrected chi connectivity index (χ4v) is 2.04. The van der Waals surface area contributed by atoms with Gasteiger partial charge in [0.1, 0.15) is 18.0 Å². The van der Waals surface area contributed by atoms with Crippen molar-refractivity contribution in [3.63, 3.8) is 0 Å². The van der Waals surface area contributed by atoms with E-state index in [1.807, 2.05) is 39.0 Å². The van der Waals surface area contributed by atoms with Crippen molar-refractivity contribution in [2.45, 2.75) is 48.0 Å². The van der Waals surface area contributed by atoms with Crippen LogP contribution in [0.1, 0.15) is 46.0 Å². The fraction of sp³-hybridized carbons (Fsp3) is 0.471. The van der Waals surface area contributed by atoms with Crippen LogP contribution in [0.4, 0.5) is 5.82 Å². The summed E-state index contributed by atoms with van der Waals surface area (Å²) < 4.78 is 0. The molecule has 0 radical (unpaired) electrons. The van der Waals surface area contributed by atoms with Gasteiger partial charge < -0.3 is 5.73 Å². The van der Waals surface area contributed by atoms with Crippen molar-refractivity contribution < 1.29 is 0 Å². The number of hydrogen-bond acceptors (Lipinski definition) is 4. The molecule has 0 spiro atoms. The summed E-state index contributed by atoms with van der Waals surface area (Å²) in [7, 11) is 0. The van der Waals surface area contributed by atoms with Crippen molar-refractivity contribution in [3.8, 4) is 0 Å². The topological polar surface area (TPSA) is 80.5 Å². The van der Waals surface area contributed by atoms with E-state index in [2.05, 4.69) is 40.9 Å². The number of aryl methyl sites for hydroxylation is 1. The molecule has 5 heteroatoms. The molecule has 0 aliphatic rings. The molecule has 2 rings (SSSR count). The first kappa shape index (κ1) is 17.9. The number of para-hydroxylation sites is 1. The number of nitrogens with two attached hydrogens (primary N) is 1. The summed E-state index contributed by atoms with van der Waals surface area (Å²) in [6.45, 7) is 12.4. The van der Waals surface area contributed by atoms with Crippen LogP contribution in [0, 0.1) is 12.3 Å². The van der Waals surface area contributed by atoms with E-state index in [4.69, 9.17) is 5.73 Å². The van der Waals surface area contributed by atoms with E-state index >= 15 is 0 Å². The van der Waals surface area contributed by atoms with Crippen LogP contribution in [-0.2, 0) is 6.42 Å². The Morgan fingerprint density at radius 2 is 1.86 bits per heavy atom.